The minimum Gasteiger partial charge on any atom is -0.355 e. The lowest BCUT2D eigenvalue weighted by molar-refractivity contribution is -0.122. The molecule has 1 aliphatic heterocycles. The van der Waals surface area contributed by atoms with E-state index in [9.17, 15) is 9.59 Å². The van der Waals surface area contributed by atoms with Crippen molar-refractivity contribution in [2.24, 2.45) is 0 Å². The lowest BCUT2D eigenvalue weighted by Crippen LogP contribution is -2.42. The predicted molar refractivity (Wildman–Crippen MR) is 153 cm³/mol. The second kappa shape index (κ2) is 10.9. The number of anilines is 1. The highest BCUT2D eigenvalue weighted by Gasteiger charge is 2.40. The Morgan fingerprint density at radius 2 is 1.92 bits per heavy atom. The second-order valence-electron chi connectivity index (χ2n) is 10.5. The lowest BCUT2D eigenvalue weighted by atomic mass is 9.87. The number of hydrogen-bond donors (Lipinski definition) is 1. The number of hydrogen-bond acceptors (Lipinski definition) is 4. The van der Waals surface area contributed by atoms with Crippen molar-refractivity contribution < 1.29 is 9.59 Å². The summed E-state index contributed by atoms with van der Waals surface area (Å²) in [6.07, 6.45) is 0.826. The van der Waals surface area contributed by atoms with Crippen LogP contribution < -0.4 is 10.2 Å². The molecule has 0 radical (unpaired) electrons. The number of nitrogens with zero attached hydrogens (tertiary/aromatic N) is 3. The average molecular weight is 539 g/mol. The molecule has 0 bridgehead atoms. The molecule has 3 aromatic rings. The van der Waals surface area contributed by atoms with Crippen LogP contribution in [0.2, 0.25) is 5.02 Å². The minimum absolute atomic E-state index is 0.0607. The van der Waals surface area contributed by atoms with E-state index in [1.54, 1.807) is 16.7 Å². The Morgan fingerprint density at radius 1 is 1.19 bits per heavy atom. The molecule has 196 valence electrons. The van der Waals surface area contributed by atoms with Gasteiger partial charge in [0.2, 0.25) is 11.8 Å². The molecule has 8 heteroatoms. The summed E-state index contributed by atoms with van der Waals surface area (Å²) in [6.45, 7) is 13.0. The fraction of sp³-hybridized carbons (Fsp3) is 0.414. The van der Waals surface area contributed by atoms with Crippen molar-refractivity contribution in [1.29, 1.82) is 0 Å². The van der Waals surface area contributed by atoms with Crippen LogP contribution in [0.4, 0.5) is 5.82 Å². The number of nitrogens with one attached hydrogen (secondary N) is 1. The molecule has 37 heavy (non-hydrogen) atoms. The molecule has 1 aromatic heterocycles. The van der Waals surface area contributed by atoms with Crippen LogP contribution >= 0.6 is 23.4 Å². The zero-order valence-corrected chi connectivity index (χ0v) is 24.0. The molecule has 1 N–H and O–H groups in total. The zero-order valence-electron chi connectivity index (χ0n) is 22.4. The molecule has 4 rings (SSSR count). The van der Waals surface area contributed by atoms with Crippen molar-refractivity contribution in [2.45, 2.75) is 58.6 Å². The number of halogens is 1. The van der Waals surface area contributed by atoms with E-state index in [4.69, 9.17) is 16.7 Å². The number of carbonyl (C=O) groups is 2. The van der Waals surface area contributed by atoms with E-state index in [0.29, 0.717) is 17.4 Å². The fourth-order valence-corrected chi connectivity index (χ4v) is 5.99. The molecule has 0 aliphatic carbocycles. The number of rotatable bonds is 6. The van der Waals surface area contributed by atoms with E-state index in [-0.39, 0.29) is 34.8 Å². The average Bonchev–Trinajstić information content (AvgIpc) is 3.17. The van der Waals surface area contributed by atoms with Gasteiger partial charge in [0, 0.05) is 22.5 Å². The van der Waals surface area contributed by atoms with E-state index < -0.39 is 0 Å². The zero-order chi connectivity index (χ0) is 26.9. The van der Waals surface area contributed by atoms with Crippen molar-refractivity contribution in [3.63, 3.8) is 0 Å². The normalized spacial score (nSPS) is 15.9. The Hall–Kier alpha value is -2.77. The van der Waals surface area contributed by atoms with E-state index in [0.717, 1.165) is 40.1 Å². The van der Waals surface area contributed by atoms with Crippen LogP contribution in [0.3, 0.4) is 0 Å². The Bertz CT molecular complexity index is 1330. The van der Waals surface area contributed by atoms with E-state index in [1.807, 2.05) is 48.0 Å². The molecule has 1 atom stereocenters. The third-order valence-corrected chi connectivity index (χ3v) is 8.12. The van der Waals surface area contributed by atoms with Crippen molar-refractivity contribution in [2.75, 3.05) is 23.7 Å². The van der Waals surface area contributed by atoms with Gasteiger partial charge in [-0.3, -0.25) is 14.5 Å². The first kappa shape index (κ1) is 27.3. The van der Waals surface area contributed by atoms with Gasteiger partial charge in [0.1, 0.15) is 12.4 Å². The minimum atomic E-state index is -0.312. The van der Waals surface area contributed by atoms with Crippen LogP contribution in [-0.4, -0.2) is 40.4 Å². The van der Waals surface area contributed by atoms with Gasteiger partial charge in [-0.15, -0.1) is 11.8 Å². The number of amides is 2. The maximum absolute atomic E-state index is 13.7. The molecule has 0 fully saturated rings. The molecule has 2 aromatic carbocycles. The van der Waals surface area contributed by atoms with Crippen molar-refractivity contribution in [3.8, 4) is 5.69 Å². The van der Waals surface area contributed by atoms with Crippen LogP contribution in [-0.2, 0) is 15.0 Å². The highest BCUT2D eigenvalue weighted by atomic mass is 35.5. The fourth-order valence-electron chi connectivity index (χ4n) is 4.60. The number of aryl methyl sites for hydroxylation is 1. The summed E-state index contributed by atoms with van der Waals surface area (Å²) in [5.41, 5.74) is 5.65. The Morgan fingerprint density at radius 3 is 2.59 bits per heavy atom. The summed E-state index contributed by atoms with van der Waals surface area (Å²) in [5.74, 6) is 0.599. The largest absolute Gasteiger partial charge is 0.355 e. The van der Waals surface area contributed by atoms with Gasteiger partial charge in [0.15, 0.2) is 0 Å². The van der Waals surface area contributed by atoms with Gasteiger partial charge in [-0.05, 0) is 55.2 Å². The van der Waals surface area contributed by atoms with Crippen molar-refractivity contribution in [3.05, 3.63) is 75.4 Å². The second-order valence-corrected chi connectivity index (χ2v) is 12.1. The third kappa shape index (κ3) is 5.58. The summed E-state index contributed by atoms with van der Waals surface area (Å²) >= 11 is 7.97. The van der Waals surface area contributed by atoms with Crippen LogP contribution in [0.15, 0.2) is 42.5 Å². The van der Waals surface area contributed by atoms with Crippen molar-refractivity contribution >= 4 is 41.0 Å². The number of carbonyl (C=O) groups excluding carboxylic acids is 2. The van der Waals surface area contributed by atoms with Crippen LogP contribution in [0.1, 0.15) is 67.3 Å². The topological polar surface area (TPSA) is 67.2 Å². The van der Waals surface area contributed by atoms with Crippen molar-refractivity contribution in [1.82, 2.24) is 15.1 Å². The summed E-state index contributed by atoms with van der Waals surface area (Å²) in [6, 6.07) is 13.9. The summed E-state index contributed by atoms with van der Waals surface area (Å²) in [4.78, 5) is 28.3. The number of thioether (sulfide) groups is 1. The number of aromatic nitrogens is 2. The van der Waals surface area contributed by atoms with Gasteiger partial charge in [-0.25, -0.2) is 4.68 Å². The molecular formula is C29H35ClN4O2S. The number of benzene rings is 2. The number of fused-ring (bicyclic) bond motifs is 1. The Balaban J connectivity index is 2.04. The molecule has 2 heterocycles. The van der Waals surface area contributed by atoms with Gasteiger partial charge in [0.05, 0.1) is 22.4 Å². The van der Waals surface area contributed by atoms with E-state index >= 15 is 0 Å². The maximum Gasteiger partial charge on any atom is 0.240 e. The molecular weight excluding hydrogens is 504 g/mol. The summed E-state index contributed by atoms with van der Waals surface area (Å²) < 4.78 is 1.88. The van der Waals surface area contributed by atoms with Gasteiger partial charge in [0.25, 0.3) is 0 Å². The SMILES string of the molecule is CCCNC(=O)CN1C(=O)CSC(c2cccc(Cl)c2)c2c(C(C)(C)C)nn(-c3cccc(C)c3C)c21. The van der Waals surface area contributed by atoms with E-state index in [1.165, 1.54) is 0 Å². The first-order valence-electron chi connectivity index (χ1n) is 12.7. The molecule has 0 saturated heterocycles. The summed E-state index contributed by atoms with van der Waals surface area (Å²) in [5, 5.41) is 8.58. The predicted octanol–water partition coefficient (Wildman–Crippen LogP) is 6.14. The lowest BCUT2D eigenvalue weighted by Gasteiger charge is -2.25. The maximum atomic E-state index is 13.7. The Labute approximate surface area is 228 Å². The van der Waals surface area contributed by atoms with Gasteiger partial charge in [-0.1, -0.05) is 63.6 Å². The highest BCUT2D eigenvalue weighted by molar-refractivity contribution is 8.00. The Kier molecular flexibility index (Phi) is 8.05. The van der Waals surface area contributed by atoms with Gasteiger partial charge < -0.3 is 5.32 Å². The van der Waals surface area contributed by atoms with Gasteiger partial charge in [-0.2, -0.15) is 5.10 Å². The monoisotopic (exact) mass is 538 g/mol. The third-order valence-electron chi connectivity index (χ3n) is 6.63. The van der Waals surface area contributed by atoms with Crippen LogP contribution in [0, 0.1) is 13.8 Å². The van der Waals surface area contributed by atoms with Gasteiger partial charge >= 0.3 is 0 Å². The smallest absolute Gasteiger partial charge is 0.240 e. The standard InChI is InChI=1S/C29H35ClN4O2S/c1-7-14-31-23(35)16-33-24(36)17-37-26(20-11-9-12-21(30)15-20)25-27(29(4,5)6)32-34(28(25)33)22-13-8-10-18(2)19(22)3/h8-13,15,26H,7,14,16-17H2,1-6H3,(H,31,35). The first-order valence-corrected chi connectivity index (χ1v) is 14.1. The molecule has 0 saturated carbocycles. The highest BCUT2D eigenvalue weighted by Crippen LogP contribution is 2.48. The molecule has 6 nitrogen and oxygen atoms in total. The molecule has 1 aliphatic rings. The molecule has 0 spiro atoms. The van der Waals surface area contributed by atoms with Crippen LogP contribution in [0.25, 0.3) is 5.69 Å². The summed E-state index contributed by atoms with van der Waals surface area (Å²) in [7, 11) is 0. The van der Waals surface area contributed by atoms with E-state index in [2.05, 4.69) is 46.0 Å². The van der Waals surface area contributed by atoms with Crippen LogP contribution in [0.5, 0.6) is 0 Å². The molecule has 2 amide bonds. The molecule has 1 unspecified atom stereocenters. The first-order chi connectivity index (χ1) is 17.5. The quantitative estimate of drug-likeness (QED) is 0.409.